The number of aryl methyl sites for hydroxylation is 2. The second-order valence-electron chi connectivity index (χ2n) is 4.72. The lowest BCUT2D eigenvalue weighted by Crippen LogP contribution is -2.35. The lowest BCUT2D eigenvalue weighted by Gasteiger charge is -2.26. The van der Waals surface area contributed by atoms with Gasteiger partial charge >= 0.3 is 0 Å². The molecule has 0 aliphatic carbocycles. The molecule has 102 valence electrons. The largest absolute Gasteiger partial charge is 0.281 e. The normalized spacial score (nSPS) is 16.5. The van der Waals surface area contributed by atoms with Crippen molar-refractivity contribution in [3.63, 3.8) is 0 Å². The number of nitrogens with one attached hydrogen (secondary N) is 1. The van der Waals surface area contributed by atoms with Crippen LogP contribution in [0.5, 0.6) is 0 Å². The van der Waals surface area contributed by atoms with Gasteiger partial charge in [0.15, 0.2) is 0 Å². The van der Waals surface area contributed by atoms with Gasteiger partial charge in [0.1, 0.15) is 4.90 Å². The van der Waals surface area contributed by atoms with E-state index < -0.39 is 10.0 Å². The van der Waals surface area contributed by atoms with Crippen molar-refractivity contribution >= 4 is 21.4 Å². The number of hydrogen-bond donors (Lipinski definition) is 1. The zero-order chi connectivity index (χ0) is 13.6. The first-order chi connectivity index (χ1) is 9.00. The maximum absolute atomic E-state index is 12.7. The smallest absolute Gasteiger partial charge is 0.247 e. The molecular formula is C12H15N3O2S2. The van der Waals surface area contributed by atoms with E-state index in [9.17, 15) is 8.42 Å². The highest BCUT2D eigenvalue weighted by Crippen LogP contribution is 2.29. The zero-order valence-electron chi connectivity index (χ0n) is 10.8. The third-order valence-corrected chi connectivity index (χ3v) is 6.56. The zero-order valence-corrected chi connectivity index (χ0v) is 12.4. The lowest BCUT2D eigenvalue weighted by atomic mass is 10.1. The molecule has 0 bridgehead atoms. The number of nitrogens with zero attached hydrogens (tertiary/aromatic N) is 2. The van der Waals surface area contributed by atoms with Gasteiger partial charge in [0.25, 0.3) is 0 Å². The fourth-order valence-electron chi connectivity index (χ4n) is 2.48. The Bertz CT molecular complexity index is 696. The SMILES string of the molecule is Cc1n[nH]c(C)c1S(=O)(=O)N1CCc2sccc2C1. The van der Waals surface area contributed by atoms with Crippen molar-refractivity contribution in [2.75, 3.05) is 6.54 Å². The van der Waals surface area contributed by atoms with Crippen molar-refractivity contribution in [3.05, 3.63) is 33.3 Å². The molecule has 0 radical (unpaired) electrons. The average molecular weight is 297 g/mol. The third-order valence-electron chi connectivity index (χ3n) is 3.43. The summed E-state index contributed by atoms with van der Waals surface area (Å²) in [7, 11) is -3.46. The van der Waals surface area contributed by atoms with E-state index in [1.54, 1.807) is 29.5 Å². The molecule has 19 heavy (non-hydrogen) atoms. The van der Waals surface area contributed by atoms with Crippen molar-refractivity contribution < 1.29 is 8.42 Å². The fourth-order valence-corrected chi connectivity index (χ4v) is 5.12. The van der Waals surface area contributed by atoms with Gasteiger partial charge in [0, 0.05) is 18.0 Å². The number of fused-ring (bicyclic) bond motifs is 1. The van der Waals surface area contributed by atoms with Crippen LogP contribution in [0.3, 0.4) is 0 Å². The quantitative estimate of drug-likeness (QED) is 0.919. The van der Waals surface area contributed by atoms with Gasteiger partial charge in [0.2, 0.25) is 10.0 Å². The fraction of sp³-hybridized carbons (Fsp3) is 0.417. The molecule has 0 spiro atoms. The molecular weight excluding hydrogens is 282 g/mol. The summed E-state index contributed by atoms with van der Waals surface area (Å²) in [6.07, 6.45) is 0.794. The molecule has 0 unspecified atom stereocenters. The van der Waals surface area contributed by atoms with E-state index in [0.29, 0.717) is 29.4 Å². The molecule has 2 aromatic rings. The Hall–Kier alpha value is -1.18. The van der Waals surface area contributed by atoms with Crippen LogP contribution in [-0.4, -0.2) is 29.5 Å². The monoisotopic (exact) mass is 297 g/mol. The Morgan fingerprint density at radius 1 is 1.42 bits per heavy atom. The molecule has 0 saturated heterocycles. The van der Waals surface area contributed by atoms with Crippen LogP contribution in [0, 0.1) is 13.8 Å². The number of thiophene rings is 1. The van der Waals surface area contributed by atoms with Crippen LogP contribution in [0.15, 0.2) is 16.3 Å². The van der Waals surface area contributed by atoms with Crippen LogP contribution in [0.25, 0.3) is 0 Å². The first-order valence-corrected chi connectivity index (χ1v) is 8.39. The highest BCUT2D eigenvalue weighted by atomic mass is 32.2. The molecule has 1 N–H and O–H groups in total. The Kier molecular flexibility index (Phi) is 2.99. The molecule has 0 atom stereocenters. The molecule has 3 heterocycles. The van der Waals surface area contributed by atoms with Gasteiger partial charge in [-0.3, -0.25) is 5.10 Å². The summed E-state index contributed by atoms with van der Waals surface area (Å²) in [6.45, 7) is 4.47. The van der Waals surface area contributed by atoms with Crippen LogP contribution >= 0.6 is 11.3 Å². The predicted molar refractivity (Wildman–Crippen MR) is 73.7 cm³/mol. The van der Waals surface area contributed by atoms with Crippen molar-refractivity contribution in [2.45, 2.75) is 31.7 Å². The lowest BCUT2D eigenvalue weighted by molar-refractivity contribution is 0.393. The molecule has 0 saturated carbocycles. The average Bonchev–Trinajstić information content (AvgIpc) is 2.95. The Balaban J connectivity index is 1.99. The van der Waals surface area contributed by atoms with Crippen LogP contribution < -0.4 is 0 Å². The summed E-state index contributed by atoms with van der Waals surface area (Å²) >= 11 is 1.70. The maximum Gasteiger partial charge on any atom is 0.247 e. The number of rotatable bonds is 2. The van der Waals surface area contributed by atoms with E-state index in [1.807, 2.05) is 11.4 Å². The first-order valence-electron chi connectivity index (χ1n) is 6.07. The van der Waals surface area contributed by atoms with Gasteiger partial charge in [-0.15, -0.1) is 11.3 Å². The molecule has 7 heteroatoms. The molecule has 3 rings (SSSR count). The second kappa shape index (κ2) is 4.43. The van der Waals surface area contributed by atoms with E-state index in [-0.39, 0.29) is 0 Å². The minimum absolute atomic E-state index is 0.325. The minimum Gasteiger partial charge on any atom is -0.281 e. The number of H-pyrrole nitrogens is 1. The highest BCUT2D eigenvalue weighted by molar-refractivity contribution is 7.89. The van der Waals surface area contributed by atoms with Crippen LogP contribution in [0.4, 0.5) is 0 Å². The minimum atomic E-state index is -3.46. The van der Waals surface area contributed by atoms with Gasteiger partial charge in [-0.2, -0.15) is 9.40 Å². The van der Waals surface area contributed by atoms with E-state index in [4.69, 9.17) is 0 Å². The van der Waals surface area contributed by atoms with Gasteiger partial charge < -0.3 is 0 Å². The summed E-state index contributed by atoms with van der Waals surface area (Å²) in [5.74, 6) is 0. The van der Waals surface area contributed by atoms with E-state index in [2.05, 4.69) is 10.2 Å². The summed E-state index contributed by atoms with van der Waals surface area (Å²) < 4.78 is 26.9. The Labute approximate surface area is 116 Å². The number of aromatic nitrogens is 2. The Morgan fingerprint density at radius 2 is 2.21 bits per heavy atom. The first kappa shape index (κ1) is 12.8. The van der Waals surface area contributed by atoms with E-state index >= 15 is 0 Å². The molecule has 1 aliphatic heterocycles. The number of hydrogen-bond acceptors (Lipinski definition) is 4. The van der Waals surface area contributed by atoms with Gasteiger partial charge in [0.05, 0.1) is 11.4 Å². The van der Waals surface area contributed by atoms with E-state index in [1.165, 1.54) is 4.88 Å². The van der Waals surface area contributed by atoms with Crippen LogP contribution in [0.2, 0.25) is 0 Å². The van der Waals surface area contributed by atoms with E-state index in [0.717, 1.165) is 12.0 Å². The number of sulfonamides is 1. The Morgan fingerprint density at radius 3 is 2.89 bits per heavy atom. The van der Waals surface area contributed by atoms with Crippen LogP contribution in [0.1, 0.15) is 21.8 Å². The van der Waals surface area contributed by atoms with Crippen molar-refractivity contribution in [2.24, 2.45) is 0 Å². The van der Waals surface area contributed by atoms with Crippen molar-refractivity contribution in [1.82, 2.24) is 14.5 Å². The molecule has 5 nitrogen and oxygen atoms in total. The van der Waals surface area contributed by atoms with Gasteiger partial charge in [-0.25, -0.2) is 8.42 Å². The predicted octanol–water partition coefficient (Wildman–Crippen LogP) is 1.84. The van der Waals surface area contributed by atoms with Crippen molar-refractivity contribution in [3.8, 4) is 0 Å². The topological polar surface area (TPSA) is 66.1 Å². The van der Waals surface area contributed by atoms with Gasteiger partial charge in [-0.05, 0) is 37.3 Å². The molecule has 2 aromatic heterocycles. The van der Waals surface area contributed by atoms with Crippen molar-refractivity contribution in [1.29, 1.82) is 0 Å². The second-order valence-corrected chi connectivity index (χ2v) is 7.60. The maximum atomic E-state index is 12.7. The molecule has 1 aliphatic rings. The van der Waals surface area contributed by atoms with Crippen LogP contribution in [-0.2, 0) is 23.0 Å². The number of aromatic amines is 1. The summed E-state index contributed by atoms with van der Waals surface area (Å²) in [5, 5.41) is 8.75. The summed E-state index contributed by atoms with van der Waals surface area (Å²) in [6, 6.07) is 2.01. The molecule has 0 fully saturated rings. The summed E-state index contributed by atoms with van der Waals surface area (Å²) in [5.41, 5.74) is 2.26. The third kappa shape index (κ3) is 2.01. The highest BCUT2D eigenvalue weighted by Gasteiger charge is 2.32. The van der Waals surface area contributed by atoms with Gasteiger partial charge in [-0.1, -0.05) is 0 Å². The summed E-state index contributed by atoms with van der Waals surface area (Å²) in [4.78, 5) is 1.62. The molecule has 0 aromatic carbocycles. The standard InChI is InChI=1S/C12H15N3O2S2/c1-8-12(9(2)14-13-8)19(16,17)15-5-3-11-10(7-15)4-6-18-11/h4,6H,3,5,7H2,1-2H3,(H,13,14). The molecule has 0 amide bonds.